The van der Waals surface area contributed by atoms with Crippen LogP contribution in [0.5, 0.6) is 0 Å². The maximum absolute atomic E-state index is 12.4. The summed E-state index contributed by atoms with van der Waals surface area (Å²) in [5.74, 6) is 0.871. The molecule has 1 saturated heterocycles. The molecule has 2 N–H and O–H groups in total. The summed E-state index contributed by atoms with van der Waals surface area (Å²) < 4.78 is 5.76. The van der Waals surface area contributed by atoms with E-state index in [1.54, 1.807) is 28.8 Å². The standard InChI is InChI=1S/C15H20Cl2N2O2S.ClH/c1-22-7-4-13(18)15(20)19-5-6-21-14(9-19)10-2-3-11(16)12(17)8-10;/h2-3,8,13-14H,4-7,9,18H2,1H3;1H/t13-,14?;/m0./s1. The van der Waals surface area contributed by atoms with E-state index in [0.717, 1.165) is 11.3 Å². The summed E-state index contributed by atoms with van der Waals surface area (Å²) in [5.41, 5.74) is 6.90. The second-order valence-corrected chi connectivity index (χ2v) is 7.01. The van der Waals surface area contributed by atoms with Gasteiger partial charge in [-0.3, -0.25) is 4.79 Å². The van der Waals surface area contributed by atoms with Gasteiger partial charge >= 0.3 is 0 Å². The van der Waals surface area contributed by atoms with Gasteiger partial charge in [-0.15, -0.1) is 12.4 Å². The molecule has 4 nitrogen and oxygen atoms in total. The van der Waals surface area contributed by atoms with Crippen molar-refractivity contribution in [1.82, 2.24) is 4.90 Å². The number of rotatable bonds is 5. The van der Waals surface area contributed by atoms with E-state index in [9.17, 15) is 4.79 Å². The molecule has 0 aliphatic carbocycles. The highest BCUT2D eigenvalue weighted by molar-refractivity contribution is 7.98. The number of hydrogen-bond donors (Lipinski definition) is 1. The normalized spacial score (nSPS) is 19.1. The number of carbonyl (C=O) groups is 1. The van der Waals surface area contributed by atoms with Gasteiger partial charge in [-0.2, -0.15) is 11.8 Å². The van der Waals surface area contributed by atoms with Crippen LogP contribution in [0.4, 0.5) is 0 Å². The highest BCUT2D eigenvalue weighted by Gasteiger charge is 2.28. The molecule has 130 valence electrons. The Bertz CT molecular complexity index is 533. The summed E-state index contributed by atoms with van der Waals surface area (Å²) in [6.07, 6.45) is 2.50. The molecule has 1 aliphatic heterocycles. The quantitative estimate of drug-likeness (QED) is 0.824. The van der Waals surface area contributed by atoms with E-state index in [0.29, 0.717) is 36.2 Å². The first kappa shape index (κ1) is 20.9. The second-order valence-electron chi connectivity index (χ2n) is 5.21. The zero-order chi connectivity index (χ0) is 16.1. The number of nitrogens with two attached hydrogens (primary N) is 1. The molecule has 0 bridgehead atoms. The number of amides is 1. The van der Waals surface area contributed by atoms with Crippen molar-refractivity contribution in [3.63, 3.8) is 0 Å². The van der Waals surface area contributed by atoms with Gasteiger partial charge in [0.15, 0.2) is 0 Å². The molecule has 1 amide bonds. The smallest absolute Gasteiger partial charge is 0.239 e. The molecule has 0 radical (unpaired) electrons. The molecule has 0 aromatic heterocycles. The third-order valence-corrected chi connectivity index (χ3v) is 5.03. The minimum atomic E-state index is -0.444. The third-order valence-electron chi connectivity index (χ3n) is 3.64. The van der Waals surface area contributed by atoms with Crippen molar-refractivity contribution in [3.05, 3.63) is 33.8 Å². The monoisotopic (exact) mass is 398 g/mol. The van der Waals surface area contributed by atoms with Crippen LogP contribution in [0.15, 0.2) is 18.2 Å². The summed E-state index contributed by atoms with van der Waals surface area (Å²) in [4.78, 5) is 14.2. The van der Waals surface area contributed by atoms with Crippen LogP contribution in [0, 0.1) is 0 Å². The Kier molecular flexibility index (Phi) is 9.04. The molecule has 1 aliphatic rings. The first-order valence-corrected chi connectivity index (χ1v) is 9.27. The Morgan fingerprint density at radius 2 is 2.22 bits per heavy atom. The van der Waals surface area contributed by atoms with Crippen LogP contribution in [0.25, 0.3) is 0 Å². The van der Waals surface area contributed by atoms with Crippen molar-refractivity contribution in [3.8, 4) is 0 Å². The maximum atomic E-state index is 12.4. The van der Waals surface area contributed by atoms with Gasteiger partial charge in [-0.05, 0) is 36.1 Å². The summed E-state index contributed by atoms with van der Waals surface area (Å²) in [5, 5.41) is 0.996. The Hall–Kier alpha value is -0.170. The van der Waals surface area contributed by atoms with Gasteiger partial charge in [0.25, 0.3) is 0 Å². The van der Waals surface area contributed by atoms with Crippen molar-refractivity contribution >= 4 is 53.3 Å². The number of carbonyl (C=O) groups excluding carboxylic acids is 1. The lowest BCUT2D eigenvalue weighted by Crippen LogP contribution is -2.49. The Balaban J connectivity index is 0.00000264. The second kappa shape index (κ2) is 9.97. The highest BCUT2D eigenvalue weighted by atomic mass is 35.5. The molecule has 1 aromatic rings. The van der Waals surface area contributed by atoms with E-state index in [2.05, 4.69) is 0 Å². The van der Waals surface area contributed by atoms with Gasteiger partial charge in [0.05, 0.1) is 29.2 Å². The van der Waals surface area contributed by atoms with Gasteiger partial charge in [-0.25, -0.2) is 0 Å². The van der Waals surface area contributed by atoms with Gasteiger partial charge in [-0.1, -0.05) is 29.3 Å². The topological polar surface area (TPSA) is 55.6 Å². The van der Waals surface area contributed by atoms with Crippen molar-refractivity contribution in [2.75, 3.05) is 31.7 Å². The predicted octanol–water partition coefficient (Wildman–Crippen LogP) is 3.40. The van der Waals surface area contributed by atoms with E-state index in [4.69, 9.17) is 33.7 Å². The number of hydrogen-bond acceptors (Lipinski definition) is 4. The van der Waals surface area contributed by atoms with E-state index < -0.39 is 6.04 Å². The average Bonchev–Trinajstić information content (AvgIpc) is 2.54. The molecule has 23 heavy (non-hydrogen) atoms. The zero-order valence-corrected chi connectivity index (χ0v) is 16.0. The Morgan fingerprint density at radius 3 is 2.87 bits per heavy atom. The molecule has 8 heteroatoms. The lowest BCUT2D eigenvalue weighted by molar-refractivity contribution is -0.140. The van der Waals surface area contributed by atoms with Crippen LogP contribution in [0.3, 0.4) is 0 Å². The molecular formula is C15H21Cl3N2O2S. The molecule has 1 unspecified atom stereocenters. The predicted molar refractivity (Wildman–Crippen MR) is 100.0 cm³/mol. The molecule has 0 saturated carbocycles. The SMILES string of the molecule is CSCC[C@H](N)C(=O)N1CCOC(c2ccc(Cl)c(Cl)c2)C1.Cl. The molecule has 1 heterocycles. The average molecular weight is 400 g/mol. The van der Waals surface area contributed by atoms with E-state index >= 15 is 0 Å². The van der Waals surface area contributed by atoms with Gasteiger partial charge in [0.1, 0.15) is 6.10 Å². The van der Waals surface area contributed by atoms with Crippen molar-refractivity contribution in [2.24, 2.45) is 5.73 Å². The summed E-state index contributed by atoms with van der Waals surface area (Å²) >= 11 is 13.7. The summed E-state index contributed by atoms with van der Waals surface area (Å²) in [7, 11) is 0. The number of thioether (sulfide) groups is 1. The maximum Gasteiger partial charge on any atom is 0.239 e. The fraction of sp³-hybridized carbons (Fsp3) is 0.533. The van der Waals surface area contributed by atoms with Crippen LogP contribution < -0.4 is 5.73 Å². The first-order valence-electron chi connectivity index (χ1n) is 7.12. The number of morpholine rings is 1. The third kappa shape index (κ3) is 5.69. The van der Waals surface area contributed by atoms with Crippen molar-refractivity contribution in [2.45, 2.75) is 18.6 Å². The van der Waals surface area contributed by atoms with E-state index in [1.807, 2.05) is 12.3 Å². The van der Waals surface area contributed by atoms with Crippen LogP contribution in [-0.4, -0.2) is 48.6 Å². The number of halogens is 3. The molecular weight excluding hydrogens is 379 g/mol. The zero-order valence-electron chi connectivity index (χ0n) is 12.8. The minimum Gasteiger partial charge on any atom is -0.370 e. The molecule has 1 aromatic carbocycles. The van der Waals surface area contributed by atoms with Crippen LogP contribution in [0.1, 0.15) is 18.1 Å². The molecule has 0 spiro atoms. The van der Waals surface area contributed by atoms with Crippen molar-refractivity contribution in [1.29, 1.82) is 0 Å². The summed E-state index contributed by atoms with van der Waals surface area (Å²) in [6.45, 7) is 1.55. The lowest BCUT2D eigenvalue weighted by atomic mass is 10.1. The lowest BCUT2D eigenvalue weighted by Gasteiger charge is -2.34. The number of ether oxygens (including phenoxy) is 1. The minimum absolute atomic E-state index is 0. The largest absolute Gasteiger partial charge is 0.370 e. The fourth-order valence-electron chi connectivity index (χ4n) is 2.37. The summed E-state index contributed by atoms with van der Waals surface area (Å²) in [6, 6.07) is 4.96. The van der Waals surface area contributed by atoms with E-state index in [-0.39, 0.29) is 24.4 Å². The Morgan fingerprint density at radius 1 is 1.48 bits per heavy atom. The molecule has 2 rings (SSSR count). The van der Waals surface area contributed by atoms with Crippen LogP contribution in [-0.2, 0) is 9.53 Å². The first-order chi connectivity index (χ1) is 10.5. The molecule has 1 fully saturated rings. The van der Waals surface area contributed by atoms with Gasteiger partial charge in [0, 0.05) is 6.54 Å². The van der Waals surface area contributed by atoms with Gasteiger partial charge < -0.3 is 15.4 Å². The molecule has 2 atom stereocenters. The van der Waals surface area contributed by atoms with E-state index in [1.165, 1.54) is 0 Å². The van der Waals surface area contributed by atoms with Gasteiger partial charge in [0.2, 0.25) is 5.91 Å². The van der Waals surface area contributed by atoms with Crippen molar-refractivity contribution < 1.29 is 9.53 Å². The number of benzene rings is 1. The Labute approximate surface area is 157 Å². The highest BCUT2D eigenvalue weighted by Crippen LogP contribution is 2.29. The number of nitrogens with zero attached hydrogens (tertiary/aromatic N) is 1. The van der Waals surface area contributed by atoms with Crippen LogP contribution in [0.2, 0.25) is 10.0 Å². The fourth-order valence-corrected chi connectivity index (χ4v) is 3.16. The van der Waals surface area contributed by atoms with Crippen LogP contribution >= 0.6 is 47.4 Å².